The van der Waals surface area contributed by atoms with Gasteiger partial charge in [0.15, 0.2) is 6.61 Å². The van der Waals surface area contributed by atoms with Crippen molar-refractivity contribution < 1.29 is 9.53 Å². The van der Waals surface area contributed by atoms with Crippen molar-refractivity contribution in [2.24, 2.45) is 11.7 Å². The van der Waals surface area contributed by atoms with E-state index in [1.54, 1.807) is 18.2 Å². The Morgan fingerprint density at radius 3 is 2.86 bits per heavy atom. The van der Waals surface area contributed by atoms with Crippen molar-refractivity contribution in [2.45, 2.75) is 31.7 Å². The molecule has 2 rings (SSSR count). The third kappa shape index (κ3) is 4.77. The van der Waals surface area contributed by atoms with Crippen molar-refractivity contribution in [1.29, 1.82) is 0 Å². The summed E-state index contributed by atoms with van der Waals surface area (Å²) in [6.45, 7) is 0.528. The van der Waals surface area contributed by atoms with Crippen LogP contribution in [0.1, 0.15) is 25.7 Å². The summed E-state index contributed by atoms with van der Waals surface area (Å²) in [5, 5.41) is 3.96. The Balaban J connectivity index is 1.85. The van der Waals surface area contributed by atoms with Gasteiger partial charge in [0.25, 0.3) is 5.91 Å². The molecule has 1 amide bonds. The van der Waals surface area contributed by atoms with E-state index in [1.807, 2.05) is 0 Å². The Morgan fingerprint density at radius 2 is 2.10 bits per heavy atom. The van der Waals surface area contributed by atoms with Gasteiger partial charge in [-0.05, 0) is 37.4 Å². The number of nitrogens with one attached hydrogen (secondary N) is 1. The average Bonchev–Trinajstić information content (AvgIpc) is 2.49. The number of carbonyl (C=O) groups is 1. The lowest BCUT2D eigenvalue weighted by Gasteiger charge is -2.31. The minimum Gasteiger partial charge on any atom is -0.482 e. The minimum absolute atomic E-state index is 0.0755. The summed E-state index contributed by atoms with van der Waals surface area (Å²) in [6, 6.07) is 5.06. The van der Waals surface area contributed by atoms with E-state index in [4.69, 9.17) is 33.7 Å². The fourth-order valence-corrected chi connectivity index (χ4v) is 2.99. The highest BCUT2D eigenvalue weighted by Gasteiger charge is 2.25. The number of halogens is 2. The normalized spacial score (nSPS) is 21.9. The van der Waals surface area contributed by atoms with Crippen molar-refractivity contribution >= 4 is 29.1 Å². The van der Waals surface area contributed by atoms with Crippen molar-refractivity contribution in [2.75, 3.05) is 13.2 Å². The Hall–Kier alpha value is -0.970. The highest BCUT2D eigenvalue weighted by Crippen LogP contribution is 2.27. The molecule has 21 heavy (non-hydrogen) atoms. The third-order valence-corrected chi connectivity index (χ3v) is 4.36. The van der Waals surface area contributed by atoms with Crippen LogP contribution < -0.4 is 15.8 Å². The van der Waals surface area contributed by atoms with Gasteiger partial charge in [0.2, 0.25) is 0 Å². The number of hydrogen-bond donors (Lipinski definition) is 2. The van der Waals surface area contributed by atoms with Gasteiger partial charge in [-0.25, -0.2) is 0 Å². The van der Waals surface area contributed by atoms with E-state index in [-0.39, 0.29) is 18.6 Å². The van der Waals surface area contributed by atoms with Gasteiger partial charge in [0, 0.05) is 17.1 Å². The van der Waals surface area contributed by atoms with Crippen molar-refractivity contribution in [3.63, 3.8) is 0 Å². The molecule has 3 N–H and O–H groups in total. The molecular formula is C15H20Cl2N2O2. The van der Waals surface area contributed by atoms with Crippen LogP contribution in [0.2, 0.25) is 10.0 Å². The zero-order chi connectivity index (χ0) is 15.2. The van der Waals surface area contributed by atoms with Gasteiger partial charge in [-0.3, -0.25) is 4.79 Å². The summed E-state index contributed by atoms with van der Waals surface area (Å²) in [7, 11) is 0. The lowest BCUT2D eigenvalue weighted by Crippen LogP contribution is -2.46. The molecule has 4 nitrogen and oxygen atoms in total. The van der Waals surface area contributed by atoms with Crippen LogP contribution in [0.15, 0.2) is 18.2 Å². The van der Waals surface area contributed by atoms with E-state index in [9.17, 15) is 4.79 Å². The van der Waals surface area contributed by atoms with Crippen LogP contribution in [-0.2, 0) is 4.79 Å². The predicted molar refractivity (Wildman–Crippen MR) is 84.9 cm³/mol. The zero-order valence-electron chi connectivity index (χ0n) is 11.8. The molecule has 1 fully saturated rings. The van der Waals surface area contributed by atoms with Crippen molar-refractivity contribution in [1.82, 2.24) is 5.32 Å². The summed E-state index contributed by atoms with van der Waals surface area (Å²) < 4.78 is 5.43. The number of hydrogen-bond acceptors (Lipinski definition) is 3. The van der Waals surface area contributed by atoms with Gasteiger partial charge >= 0.3 is 0 Å². The van der Waals surface area contributed by atoms with Gasteiger partial charge in [0.05, 0.1) is 5.02 Å². The molecule has 0 spiro atoms. The van der Waals surface area contributed by atoms with Crippen LogP contribution >= 0.6 is 23.2 Å². The largest absolute Gasteiger partial charge is 0.482 e. The monoisotopic (exact) mass is 330 g/mol. The molecule has 1 aliphatic rings. The fraction of sp³-hybridized carbons (Fsp3) is 0.533. The SMILES string of the molecule is NCC1CCCCC1NC(=O)COc1cc(Cl)ccc1Cl. The molecular weight excluding hydrogens is 311 g/mol. The molecule has 0 bridgehead atoms. The van der Waals surface area contributed by atoms with Gasteiger partial charge < -0.3 is 15.8 Å². The quantitative estimate of drug-likeness (QED) is 0.872. The van der Waals surface area contributed by atoms with E-state index in [0.717, 1.165) is 19.3 Å². The summed E-state index contributed by atoms with van der Waals surface area (Å²) in [6.07, 6.45) is 4.36. The molecule has 1 aromatic carbocycles. The van der Waals surface area contributed by atoms with E-state index in [0.29, 0.717) is 28.3 Å². The molecule has 1 saturated carbocycles. The number of ether oxygens (including phenoxy) is 1. The molecule has 2 unspecified atom stereocenters. The molecule has 0 aliphatic heterocycles. The second kappa shape index (κ2) is 7.87. The van der Waals surface area contributed by atoms with E-state index in [1.165, 1.54) is 6.42 Å². The Kier molecular flexibility index (Phi) is 6.15. The summed E-state index contributed by atoms with van der Waals surface area (Å²) >= 11 is 11.9. The molecule has 1 aliphatic carbocycles. The van der Waals surface area contributed by atoms with Crippen molar-refractivity contribution in [3.8, 4) is 5.75 Å². The second-order valence-corrected chi connectivity index (χ2v) is 6.16. The fourth-order valence-electron chi connectivity index (χ4n) is 2.66. The van der Waals surface area contributed by atoms with Crippen LogP contribution in [0.25, 0.3) is 0 Å². The van der Waals surface area contributed by atoms with Gasteiger partial charge in [0.1, 0.15) is 5.75 Å². The number of nitrogens with two attached hydrogens (primary N) is 1. The molecule has 116 valence electrons. The first kappa shape index (κ1) is 16.4. The average molecular weight is 331 g/mol. The molecule has 2 atom stereocenters. The van der Waals surface area contributed by atoms with Gasteiger partial charge in [-0.2, -0.15) is 0 Å². The maximum Gasteiger partial charge on any atom is 0.258 e. The first-order valence-corrected chi connectivity index (χ1v) is 7.93. The second-order valence-electron chi connectivity index (χ2n) is 5.32. The van der Waals surface area contributed by atoms with Gasteiger partial charge in [-0.1, -0.05) is 36.0 Å². The lowest BCUT2D eigenvalue weighted by atomic mass is 9.84. The molecule has 0 heterocycles. The Bertz CT molecular complexity index is 497. The summed E-state index contributed by atoms with van der Waals surface area (Å²) in [5.74, 6) is 0.618. The molecule has 0 radical (unpaired) electrons. The van der Waals surface area contributed by atoms with Crippen LogP contribution in [0.4, 0.5) is 0 Å². The topological polar surface area (TPSA) is 64.3 Å². The molecule has 1 aromatic rings. The zero-order valence-corrected chi connectivity index (χ0v) is 13.3. The van der Waals surface area contributed by atoms with Crippen molar-refractivity contribution in [3.05, 3.63) is 28.2 Å². The van der Waals surface area contributed by atoms with Crippen LogP contribution in [0.3, 0.4) is 0 Å². The third-order valence-electron chi connectivity index (χ3n) is 3.81. The number of carbonyl (C=O) groups excluding carboxylic acids is 1. The summed E-state index contributed by atoms with van der Waals surface area (Å²) in [5.41, 5.74) is 5.76. The first-order valence-electron chi connectivity index (χ1n) is 7.17. The highest BCUT2D eigenvalue weighted by molar-refractivity contribution is 6.34. The predicted octanol–water partition coefficient (Wildman–Crippen LogP) is 3.01. The standard InChI is InChI=1S/C15H20Cl2N2O2/c16-11-5-6-12(17)14(7-11)21-9-15(20)19-13-4-2-1-3-10(13)8-18/h5-7,10,13H,1-4,8-9,18H2,(H,19,20). The maximum atomic E-state index is 12.0. The lowest BCUT2D eigenvalue weighted by molar-refractivity contribution is -0.124. The van der Waals surface area contributed by atoms with Gasteiger partial charge in [-0.15, -0.1) is 0 Å². The number of benzene rings is 1. The number of rotatable bonds is 5. The Morgan fingerprint density at radius 1 is 1.33 bits per heavy atom. The summed E-state index contributed by atoms with van der Waals surface area (Å²) in [4.78, 5) is 12.0. The van der Waals surface area contributed by atoms with E-state index >= 15 is 0 Å². The smallest absolute Gasteiger partial charge is 0.258 e. The van der Waals surface area contributed by atoms with E-state index in [2.05, 4.69) is 5.32 Å². The number of amides is 1. The maximum absolute atomic E-state index is 12.0. The van der Waals surface area contributed by atoms with Crippen LogP contribution in [0, 0.1) is 5.92 Å². The molecule has 6 heteroatoms. The molecule has 0 saturated heterocycles. The Labute approximate surface area is 134 Å². The highest BCUT2D eigenvalue weighted by atomic mass is 35.5. The van der Waals surface area contributed by atoms with E-state index < -0.39 is 0 Å². The van der Waals surface area contributed by atoms with Crippen LogP contribution in [0.5, 0.6) is 5.75 Å². The minimum atomic E-state index is -0.156. The first-order chi connectivity index (χ1) is 10.1. The van der Waals surface area contributed by atoms with Crippen LogP contribution in [-0.4, -0.2) is 25.1 Å². The molecule has 0 aromatic heterocycles.